The van der Waals surface area contributed by atoms with Crippen molar-refractivity contribution in [3.05, 3.63) is 51.5 Å². The number of halogens is 2. The second kappa shape index (κ2) is 6.18. The number of para-hydroxylation sites is 1. The van der Waals surface area contributed by atoms with E-state index in [1.807, 2.05) is 0 Å². The Morgan fingerprint density at radius 3 is 2.39 bits per heavy atom. The number of carbonyl (C=O) groups excluding carboxylic acids is 1. The number of ether oxygens (including phenoxy) is 3. The first-order valence-corrected chi connectivity index (χ1v) is 7.48. The molecule has 1 N–H and O–H groups in total. The van der Waals surface area contributed by atoms with Crippen LogP contribution in [0.3, 0.4) is 0 Å². The first kappa shape index (κ1) is 15.8. The van der Waals surface area contributed by atoms with E-state index in [-0.39, 0.29) is 0 Å². The normalized spacial score (nSPS) is 15.8. The summed E-state index contributed by atoms with van der Waals surface area (Å²) in [7, 11) is 2.97. The summed E-state index contributed by atoms with van der Waals surface area (Å²) in [6.45, 7) is 0. The average Bonchev–Trinajstić information content (AvgIpc) is 2.86. The summed E-state index contributed by atoms with van der Waals surface area (Å²) < 4.78 is 15.9. The van der Waals surface area contributed by atoms with E-state index in [2.05, 4.69) is 5.32 Å². The van der Waals surface area contributed by atoms with Gasteiger partial charge in [-0.25, -0.2) is 4.79 Å². The number of nitrogens with one attached hydrogen (secondary N) is 1. The van der Waals surface area contributed by atoms with E-state index in [1.165, 1.54) is 14.2 Å². The van der Waals surface area contributed by atoms with Crippen LogP contribution in [0.25, 0.3) is 0 Å². The van der Waals surface area contributed by atoms with E-state index in [1.54, 1.807) is 30.3 Å². The standard InChI is InChI=1S/C16H13Cl2NO4/c1-21-11-7-6-8-12(14(11)22-2)16(20)23-15(8)19-13-9(17)4-3-5-10(13)18/h3-7,15,19H,1-2H3/t15-/m0/s1. The molecule has 1 heterocycles. The molecule has 0 aliphatic carbocycles. The molecule has 0 aromatic heterocycles. The molecular formula is C16H13Cl2NO4. The molecule has 3 rings (SSSR count). The van der Waals surface area contributed by atoms with Gasteiger partial charge in [0.2, 0.25) is 6.23 Å². The van der Waals surface area contributed by atoms with Crippen LogP contribution in [-0.4, -0.2) is 20.2 Å². The van der Waals surface area contributed by atoms with Gasteiger partial charge in [-0.2, -0.15) is 0 Å². The molecule has 0 saturated heterocycles. The fourth-order valence-corrected chi connectivity index (χ4v) is 2.98. The van der Waals surface area contributed by atoms with Gasteiger partial charge in [0.1, 0.15) is 5.56 Å². The molecule has 1 atom stereocenters. The van der Waals surface area contributed by atoms with Crippen molar-refractivity contribution in [2.75, 3.05) is 19.5 Å². The second-order valence-corrected chi connectivity index (χ2v) is 5.61. The van der Waals surface area contributed by atoms with Gasteiger partial charge < -0.3 is 19.5 Å². The Morgan fingerprint density at radius 1 is 1.09 bits per heavy atom. The maximum Gasteiger partial charge on any atom is 0.344 e. The van der Waals surface area contributed by atoms with E-state index in [4.69, 9.17) is 37.4 Å². The van der Waals surface area contributed by atoms with E-state index < -0.39 is 12.2 Å². The van der Waals surface area contributed by atoms with Crippen LogP contribution in [-0.2, 0) is 4.74 Å². The van der Waals surface area contributed by atoms with Crippen molar-refractivity contribution in [2.45, 2.75) is 6.23 Å². The van der Waals surface area contributed by atoms with Gasteiger partial charge in [-0.1, -0.05) is 29.3 Å². The Bertz CT molecular complexity index is 759. The third-order valence-electron chi connectivity index (χ3n) is 3.53. The van der Waals surface area contributed by atoms with Gasteiger partial charge in [-0.3, -0.25) is 0 Å². The van der Waals surface area contributed by atoms with Crippen molar-refractivity contribution >= 4 is 34.9 Å². The minimum Gasteiger partial charge on any atom is -0.493 e. The average molecular weight is 354 g/mol. The van der Waals surface area contributed by atoms with Gasteiger partial charge in [0.15, 0.2) is 11.5 Å². The topological polar surface area (TPSA) is 56.8 Å². The van der Waals surface area contributed by atoms with E-state index >= 15 is 0 Å². The monoisotopic (exact) mass is 353 g/mol. The van der Waals surface area contributed by atoms with E-state index in [0.717, 1.165) is 0 Å². The molecule has 5 nitrogen and oxygen atoms in total. The van der Waals surface area contributed by atoms with Gasteiger partial charge >= 0.3 is 5.97 Å². The van der Waals surface area contributed by atoms with Crippen LogP contribution < -0.4 is 14.8 Å². The highest BCUT2D eigenvalue weighted by atomic mass is 35.5. The Balaban J connectivity index is 2.02. The number of benzene rings is 2. The number of hydrogen-bond donors (Lipinski definition) is 1. The number of anilines is 1. The molecule has 2 aromatic rings. The summed E-state index contributed by atoms with van der Waals surface area (Å²) in [5, 5.41) is 3.92. The predicted molar refractivity (Wildman–Crippen MR) is 87.8 cm³/mol. The van der Waals surface area contributed by atoms with Crippen molar-refractivity contribution in [3.8, 4) is 11.5 Å². The van der Waals surface area contributed by atoms with Crippen molar-refractivity contribution in [1.29, 1.82) is 0 Å². The highest BCUT2D eigenvalue weighted by Gasteiger charge is 2.36. The number of hydrogen-bond acceptors (Lipinski definition) is 5. The lowest BCUT2D eigenvalue weighted by Gasteiger charge is -2.17. The first-order valence-electron chi connectivity index (χ1n) is 6.73. The highest BCUT2D eigenvalue weighted by molar-refractivity contribution is 6.39. The van der Waals surface area contributed by atoms with Crippen molar-refractivity contribution in [3.63, 3.8) is 0 Å². The van der Waals surface area contributed by atoms with E-state index in [9.17, 15) is 4.79 Å². The molecule has 0 radical (unpaired) electrons. The Morgan fingerprint density at radius 2 is 1.78 bits per heavy atom. The molecule has 0 fully saturated rings. The first-order chi connectivity index (χ1) is 11.1. The number of esters is 1. The zero-order valence-electron chi connectivity index (χ0n) is 12.4. The maximum absolute atomic E-state index is 12.2. The lowest BCUT2D eigenvalue weighted by Crippen LogP contribution is -2.11. The van der Waals surface area contributed by atoms with Crippen LogP contribution >= 0.6 is 23.2 Å². The summed E-state index contributed by atoms with van der Waals surface area (Å²) in [5.41, 5.74) is 1.45. The minimum atomic E-state index is -0.713. The predicted octanol–water partition coefficient (Wildman–Crippen LogP) is 4.29. The van der Waals surface area contributed by atoms with Gasteiger partial charge in [-0.15, -0.1) is 0 Å². The fourth-order valence-electron chi connectivity index (χ4n) is 2.47. The Labute approximate surface area is 143 Å². The van der Waals surface area contributed by atoms with Gasteiger partial charge in [0.05, 0.1) is 30.0 Å². The lowest BCUT2D eigenvalue weighted by molar-refractivity contribution is 0.0435. The third-order valence-corrected chi connectivity index (χ3v) is 4.16. The van der Waals surface area contributed by atoms with Gasteiger partial charge in [-0.05, 0) is 24.3 Å². The quantitative estimate of drug-likeness (QED) is 0.830. The molecule has 2 aromatic carbocycles. The summed E-state index contributed by atoms with van der Waals surface area (Å²) in [5.74, 6) is 0.292. The number of carbonyl (C=O) groups is 1. The Kier molecular flexibility index (Phi) is 4.24. The van der Waals surface area contributed by atoms with Crippen LogP contribution in [0.1, 0.15) is 22.1 Å². The zero-order chi connectivity index (χ0) is 16.6. The molecule has 0 amide bonds. The van der Waals surface area contributed by atoms with Crippen LogP contribution in [0.5, 0.6) is 11.5 Å². The molecule has 1 aliphatic heterocycles. The molecular weight excluding hydrogens is 341 g/mol. The summed E-state index contributed by atoms with van der Waals surface area (Å²) in [6.07, 6.45) is -0.713. The number of fused-ring (bicyclic) bond motifs is 1. The minimum absolute atomic E-state index is 0.326. The fraction of sp³-hybridized carbons (Fsp3) is 0.188. The highest BCUT2D eigenvalue weighted by Crippen LogP contribution is 2.43. The molecule has 23 heavy (non-hydrogen) atoms. The molecule has 120 valence electrons. The van der Waals surface area contributed by atoms with Crippen LogP contribution in [0, 0.1) is 0 Å². The van der Waals surface area contributed by atoms with Crippen molar-refractivity contribution in [2.24, 2.45) is 0 Å². The zero-order valence-corrected chi connectivity index (χ0v) is 13.9. The van der Waals surface area contributed by atoms with Gasteiger partial charge in [0, 0.05) is 5.56 Å². The number of cyclic esters (lactones) is 1. The molecule has 7 heteroatoms. The SMILES string of the molecule is COc1ccc2c(c1OC)C(=O)O[C@@H]2Nc1c(Cl)cccc1Cl. The molecule has 0 saturated carbocycles. The third kappa shape index (κ3) is 2.66. The lowest BCUT2D eigenvalue weighted by atomic mass is 10.1. The molecule has 1 aliphatic rings. The van der Waals surface area contributed by atoms with Crippen molar-refractivity contribution < 1.29 is 19.0 Å². The van der Waals surface area contributed by atoms with Crippen LogP contribution in [0.2, 0.25) is 10.0 Å². The van der Waals surface area contributed by atoms with E-state index in [0.29, 0.717) is 38.4 Å². The summed E-state index contributed by atoms with van der Waals surface area (Å²) >= 11 is 12.3. The smallest absolute Gasteiger partial charge is 0.344 e. The number of rotatable bonds is 4. The molecule has 0 spiro atoms. The number of methoxy groups -OCH3 is 2. The summed E-state index contributed by atoms with van der Waals surface area (Å²) in [6, 6.07) is 8.58. The van der Waals surface area contributed by atoms with Crippen LogP contribution in [0.15, 0.2) is 30.3 Å². The van der Waals surface area contributed by atoms with Crippen molar-refractivity contribution in [1.82, 2.24) is 0 Å². The summed E-state index contributed by atoms with van der Waals surface area (Å²) in [4.78, 5) is 12.2. The van der Waals surface area contributed by atoms with Crippen LogP contribution in [0.4, 0.5) is 5.69 Å². The molecule has 0 unspecified atom stereocenters. The van der Waals surface area contributed by atoms with Gasteiger partial charge in [0.25, 0.3) is 0 Å². The molecule has 0 bridgehead atoms. The largest absolute Gasteiger partial charge is 0.493 e. The maximum atomic E-state index is 12.2. The second-order valence-electron chi connectivity index (χ2n) is 4.79. The Hall–Kier alpha value is -2.11.